The largest absolute Gasteiger partial charge is 0.346 e. The average Bonchev–Trinajstić information content (AvgIpc) is 2.59. The molecule has 25 heavy (non-hydrogen) atoms. The van der Waals surface area contributed by atoms with Crippen LogP contribution in [0.5, 0.6) is 0 Å². The van der Waals surface area contributed by atoms with E-state index in [1.165, 1.54) is 11.6 Å². The standard InChI is InChI=1S/C18H18Cl2FN3S/c19-14-3-1-2-13(10-14)12-23-6-8-24(9-7-23)18(25)22-15-4-5-17(21)16(20)11-15/h1-5,10-11H,6-9,12H2,(H,22,25). The second-order valence-corrected chi connectivity index (χ2v) is 7.18. The summed E-state index contributed by atoms with van der Waals surface area (Å²) < 4.78 is 13.2. The summed E-state index contributed by atoms with van der Waals surface area (Å²) in [5.74, 6) is -0.437. The highest BCUT2D eigenvalue weighted by atomic mass is 35.5. The second-order valence-electron chi connectivity index (χ2n) is 5.95. The van der Waals surface area contributed by atoms with E-state index in [-0.39, 0.29) is 5.02 Å². The number of halogens is 3. The van der Waals surface area contributed by atoms with E-state index in [0.717, 1.165) is 37.7 Å². The van der Waals surface area contributed by atoms with Gasteiger partial charge in [0.1, 0.15) is 5.82 Å². The van der Waals surface area contributed by atoms with E-state index >= 15 is 0 Å². The molecule has 1 fully saturated rings. The molecule has 0 aromatic heterocycles. The fraction of sp³-hybridized carbons (Fsp3) is 0.278. The first-order chi connectivity index (χ1) is 12.0. The van der Waals surface area contributed by atoms with Gasteiger partial charge < -0.3 is 10.2 Å². The Morgan fingerprint density at radius 2 is 1.84 bits per heavy atom. The SMILES string of the molecule is Fc1ccc(NC(=S)N2CCN(Cc3cccc(Cl)c3)CC2)cc1Cl. The van der Waals surface area contributed by atoms with Crippen LogP contribution in [0.15, 0.2) is 42.5 Å². The molecule has 2 aromatic rings. The highest BCUT2D eigenvalue weighted by molar-refractivity contribution is 7.80. The smallest absolute Gasteiger partial charge is 0.173 e. The van der Waals surface area contributed by atoms with Crippen molar-refractivity contribution in [1.29, 1.82) is 0 Å². The van der Waals surface area contributed by atoms with Crippen molar-refractivity contribution in [3.63, 3.8) is 0 Å². The minimum atomic E-state index is -0.437. The van der Waals surface area contributed by atoms with Crippen molar-refractivity contribution < 1.29 is 4.39 Å². The lowest BCUT2D eigenvalue weighted by atomic mass is 10.2. The molecule has 0 spiro atoms. The molecule has 132 valence electrons. The molecule has 0 unspecified atom stereocenters. The van der Waals surface area contributed by atoms with Gasteiger partial charge in [0.05, 0.1) is 5.02 Å². The molecule has 0 bridgehead atoms. The molecular formula is C18H18Cl2FN3S. The Labute approximate surface area is 162 Å². The first-order valence-corrected chi connectivity index (χ1v) is 9.15. The summed E-state index contributed by atoms with van der Waals surface area (Å²) >= 11 is 17.3. The van der Waals surface area contributed by atoms with Gasteiger partial charge in [0, 0.05) is 43.4 Å². The van der Waals surface area contributed by atoms with Crippen LogP contribution >= 0.6 is 35.4 Å². The van der Waals surface area contributed by atoms with Crippen LogP contribution < -0.4 is 5.32 Å². The lowest BCUT2D eigenvalue weighted by Crippen LogP contribution is -2.49. The van der Waals surface area contributed by atoms with Gasteiger partial charge in [-0.2, -0.15) is 0 Å². The zero-order chi connectivity index (χ0) is 17.8. The fourth-order valence-electron chi connectivity index (χ4n) is 2.78. The Bertz CT molecular complexity index is 764. The van der Waals surface area contributed by atoms with Crippen LogP contribution in [-0.4, -0.2) is 41.1 Å². The molecular weight excluding hydrogens is 380 g/mol. The Morgan fingerprint density at radius 3 is 2.52 bits per heavy atom. The first-order valence-electron chi connectivity index (χ1n) is 7.99. The van der Waals surface area contributed by atoms with Gasteiger partial charge in [-0.25, -0.2) is 4.39 Å². The molecule has 7 heteroatoms. The molecule has 0 saturated carbocycles. The summed E-state index contributed by atoms with van der Waals surface area (Å²) in [5, 5.41) is 4.60. The predicted molar refractivity (Wildman–Crippen MR) is 106 cm³/mol. The maximum absolute atomic E-state index is 13.2. The maximum atomic E-state index is 13.2. The number of benzene rings is 2. The zero-order valence-corrected chi connectivity index (χ0v) is 15.8. The highest BCUT2D eigenvalue weighted by Gasteiger charge is 2.19. The van der Waals surface area contributed by atoms with Crippen LogP contribution in [0.1, 0.15) is 5.56 Å². The van der Waals surface area contributed by atoms with E-state index in [4.69, 9.17) is 35.4 Å². The Kier molecular flexibility index (Phi) is 6.12. The van der Waals surface area contributed by atoms with Gasteiger partial charge in [-0.3, -0.25) is 4.90 Å². The topological polar surface area (TPSA) is 18.5 Å². The van der Waals surface area contributed by atoms with E-state index in [0.29, 0.717) is 10.8 Å². The Balaban J connectivity index is 1.51. The average molecular weight is 398 g/mol. The molecule has 1 heterocycles. The molecule has 3 nitrogen and oxygen atoms in total. The van der Waals surface area contributed by atoms with Crippen molar-refractivity contribution in [2.75, 3.05) is 31.5 Å². The number of rotatable bonds is 3. The van der Waals surface area contributed by atoms with E-state index in [1.54, 1.807) is 12.1 Å². The van der Waals surface area contributed by atoms with Crippen molar-refractivity contribution in [2.24, 2.45) is 0 Å². The minimum Gasteiger partial charge on any atom is -0.346 e. The lowest BCUT2D eigenvalue weighted by Gasteiger charge is -2.36. The highest BCUT2D eigenvalue weighted by Crippen LogP contribution is 2.20. The molecule has 1 saturated heterocycles. The van der Waals surface area contributed by atoms with E-state index in [2.05, 4.69) is 21.2 Å². The number of anilines is 1. The quantitative estimate of drug-likeness (QED) is 0.759. The van der Waals surface area contributed by atoms with Gasteiger partial charge >= 0.3 is 0 Å². The molecule has 0 radical (unpaired) electrons. The zero-order valence-electron chi connectivity index (χ0n) is 13.5. The van der Waals surface area contributed by atoms with Gasteiger partial charge in [-0.15, -0.1) is 0 Å². The summed E-state index contributed by atoms with van der Waals surface area (Å²) in [6, 6.07) is 12.4. The molecule has 0 aliphatic carbocycles. The third-order valence-corrected chi connectivity index (χ3v) is 5.01. The first kappa shape index (κ1) is 18.4. The van der Waals surface area contributed by atoms with Crippen LogP contribution in [0.3, 0.4) is 0 Å². The monoisotopic (exact) mass is 397 g/mol. The van der Waals surface area contributed by atoms with Crippen molar-refractivity contribution in [2.45, 2.75) is 6.54 Å². The minimum absolute atomic E-state index is 0.0825. The number of nitrogens with zero attached hydrogens (tertiary/aromatic N) is 2. The van der Waals surface area contributed by atoms with E-state index < -0.39 is 5.82 Å². The van der Waals surface area contributed by atoms with Crippen LogP contribution in [-0.2, 0) is 6.54 Å². The number of thiocarbonyl (C=S) groups is 1. The summed E-state index contributed by atoms with van der Waals surface area (Å²) in [4.78, 5) is 4.49. The molecule has 1 aliphatic rings. The van der Waals surface area contributed by atoms with Crippen LogP contribution in [0.2, 0.25) is 10.0 Å². The number of nitrogens with one attached hydrogen (secondary N) is 1. The molecule has 1 aliphatic heterocycles. The Morgan fingerprint density at radius 1 is 1.08 bits per heavy atom. The number of hydrogen-bond acceptors (Lipinski definition) is 2. The predicted octanol–water partition coefficient (Wildman–Crippen LogP) is 4.65. The second kappa shape index (κ2) is 8.32. The third-order valence-electron chi connectivity index (χ3n) is 4.13. The molecule has 0 atom stereocenters. The van der Waals surface area contributed by atoms with Gasteiger partial charge in [-0.1, -0.05) is 35.3 Å². The van der Waals surface area contributed by atoms with Crippen molar-refractivity contribution in [3.05, 3.63) is 63.9 Å². The molecule has 1 N–H and O–H groups in total. The Hall–Kier alpha value is -1.40. The summed E-state index contributed by atoms with van der Waals surface area (Å²) in [7, 11) is 0. The summed E-state index contributed by atoms with van der Waals surface area (Å²) in [6.45, 7) is 4.38. The fourth-order valence-corrected chi connectivity index (χ4v) is 3.47. The van der Waals surface area contributed by atoms with Crippen LogP contribution in [0, 0.1) is 5.82 Å². The van der Waals surface area contributed by atoms with Crippen molar-refractivity contribution in [1.82, 2.24) is 9.80 Å². The van der Waals surface area contributed by atoms with Crippen molar-refractivity contribution >= 4 is 46.2 Å². The lowest BCUT2D eigenvalue weighted by molar-refractivity contribution is 0.177. The van der Waals surface area contributed by atoms with Gasteiger partial charge in [-0.05, 0) is 48.1 Å². The van der Waals surface area contributed by atoms with Crippen LogP contribution in [0.25, 0.3) is 0 Å². The van der Waals surface area contributed by atoms with Gasteiger partial charge in [0.25, 0.3) is 0 Å². The summed E-state index contributed by atoms with van der Waals surface area (Å²) in [6.07, 6.45) is 0. The number of piperazine rings is 1. The molecule has 2 aromatic carbocycles. The number of hydrogen-bond donors (Lipinski definition) is 1. The third kappa shape index (κ3) is 5.05. The van der Waals surface area contributed by atoms with E-state index in [1.807, 2.05) is 18.2 Å². The normalized spacial score (nSPS) is 15.2. The molecule has 0 amide bonds. The van der Waals surface area contributed by atoms with E-state index in [9.17, 15) is 4.39 Å². The van der Waals surface area contributed by atoms with Gasteiger partial charge in [0.15, 0.2) is 5.11 Å². The summed E-state index contributed by atoms with van der Waals surface area (Å²) in [5.41, 5.74) is 1.90. The molecule has 3 rings (SSSR count). The maximum Gasteiger partial charge on any atom is 0.173 e. The van der Waals surface area contributed by atoms with Crippen LogP contribution in [0.4, 0.5) is 10.1 Å². The van der Waals surface area contributed by atoms with Gasteiger partial charge in [0.2, 0.25) is 0 Å². The van der Waals surface area contributed by atoms with Crippen molar-refractivity contribution in [3.8, 4) is 0 Å².